The van der Waals surface area contributed by atoms with E-state index in [1.165, 1.54) is 36.6 Å². The first-order valence-electron chi connectivity index (χ1n) is 9.36. The summed E-state index contributed by atoms with van der Waals surface area (Å²) in [6.07, 6.45) is 0. The molecule has 1 amide bonds. The maximum atomic E-state index is 12.5. The Labute approximate surface area is 192 Å². The van der Waals surface area contributed by atoms with Crippen molar-refractivity contribution in [2.45, 2.75) is 13.8 Å². The van der Waals surface area contributed by atoms with Gasteiger partial charge in [-0.1, -0.05) is 23.7 Å². The summed E-state index contributed by atoms with van der Waals surface area (Å²) in [5.41, 5.74) is 2.05. The number of anilines is 1. The van der Waals surface area contributed by atoms with E-state index in [0.29, 0.717) is 26.9 Å². The third-order valence-corrected chi connectivity index (χ3v) is 5.82. The number of esters is 1. The Morgan fingerprint density at radius 3 is 2.56 bits per heavy atom. The average Bonchev–Trinajstić information content (AvgIpc) is 3.07. The van der Waals surface area contributed by atoms with Crippen LogP contribution < -0.4 is 10.1 Å². The molecule has 32 heavy (non-hydrogen) atoms. The number of hydrogen-bond donors (Lipinski definition) is 1. The van der Waals surface area contributed by atoms with Crippen LogP contribution >= 0.6 is 22.9 Å². The van der Waals surface area contributed by atoms with Gasteiger partial charge in [0.25, 0.3) is 11.6 Å². The van der Waals surface area contributed by atoms with E-state index in [-0.39, 0.29) is 17.9 Å². The molecule has 0 radical (unpaired) electrons. The maximum Gasteiger partial charge on any atom is 0.341 e. The van der Waals surface area contributed by atoms with Gasteiger partial charge in [0.1, 0.15) is 16.3 Å². The van der Waals surface area contributed by atoms with E-state index in [2.05, 4.69) is 5.32 Å². The van der Waals surface area contributed by atoms with Gasteiger partial charge in [-0.15, -0.1) is 11.3 Å². The smallest absolute Gasteiger partial charge is 0.341 e. The minimum absolute atomic E-state index is 0.0652. The van der Waals surface area contributed by atoms with E-state index in [9.17, 15) is 19.7 Å². The lowest BCUT2D eigenvalue weighted by Gasteiger charge is -2.10. The number of amides is 1. The highest BCUT2D eigenvalue weighted by molar-refractivity contribution is 7.17. The number of nitrogens with zero attached hydrogens (tertiary/aromatic N) is 1. The standard InChI is InChI=1S/C22H19ClN2O6S/c1-12-9-16(25(28)29)7-8-17(12)31-11-18(26)24-21-20(22(27)30-3)19(13(2)32-21)14-5-4-6-15(23)10-14/h4-10H,11H2,1-3H3,(H,24,26). The van der Waals surface area contributed by atoms with Gasteiger partial charge in [0.05, 0.1) is 12.0 Å². The van der Waals surface area contributed by atoms with Gasteiger partial charge in [-0.2, -0.15) is 0 Å². The predicted octanol–water partition coefficient (Wildman–Crippen LogP) is 5.40. The third kappa shape index (κ3) is 5.06. The highest BCUT2D eigenvalue weighted by Gasteiger charge is 2.25. The number of methoxy groups -OCH3 is 1. The number of thiophene rings is 1. The number of nitrogens with one attached hydrogen (secondary N) is 1. The van der Waals surface area contributed by atoms with Crippen molar-refractivity contribution in [2.75, 3.05) is 19.0 Å². The maximum absolute atomic E-state index is 12.5. The van der Waals surface area contributed by atoms with Gasteiger partial charge in [0.15, 0.2) is 6.61 Å². The molecule has 8 nitrogen and oxygen atoms in total. The molecule has 3 rings (SSSR count). The zero-order chi connectivity index (χ0) is 23.4. The van der Waals surface area contributed by atoms with Gasteiger partial charge in [-0.05, 0) is 43.2 Å². The van der Waals surface area contributed by atoms with Crippen molar-refractivity contribution in [1.82, 2.24) is 0 Å². The van der Waals surface area contributed by atoms with Crippen molar-refractivity contribution in [2.24, 2.45) is 0 Å². The average molecular weight is 475 g/mol. The number of aryl methyl sites for hydroxylation is 2. The Kier molecular flexibility index (Phi) is 7.12. The van der Waals surface area contributed by atoms with Crippen LogP contribution in [0.3, 0.4) is 0 Å². The second-order valence-electron chi connectivity index (χ2n) is 6.78. The number of non-ortho nitro benzene ring substituents is 1. The van der Waals surface area contributed by atoms with E-state index in [1.807, 2.05) is 13.0 Å². The van der Waals surface area contributed by atoms with Gasteiger partial charge < -0.3 is 14.8 Å². The van der Waals surface area contributed by atoms with Crippen LogP contribution in [0.2, 0.25) is 5.02 Å². The number of benzene rings is 2. The Morgan fingerprint density at radius 2 is 1.94 bits per heavy atom. The normalized spacial score (nSPS) is 10.5. The molecule has 0 saturated heterocycles. The minimum Gasteiger partial charge on any atom is -0.483 e. The van der Waals surface area contributed by atoms with Crippen LogP contribution in [-0.2, 0) is 9.53 Å². The largest absolute Gasteiger partial charge is 0.483 e. The second kappa shape index (κ2) is 9.80. The molecule has 0 aliphatic carbocycles. The van der Waals surface area contributed by atoms with Crippen LogP contribution in [0, 0.1) is 24.0 Å². The zero-order valence-corrected chi connectivity index (χ0v) is 19.0. The predicted molar refractivity (Wildman–Crippen MR) is 123 cm³/mol. The lowest BCUT2D eigenvalue weighted by Crippen LogP contribution is -2.21. The van der Waals surface area contributed by atoms with Crippen molar-refractivity contribution >= 4 is 45.5 Å². The van der Waals surface area contributed by atoms with Gasteiger partial charge in [0.2, 0.25) is 0 Å². The highest BCUT2D eigenvalue weighted by atomic mass is 35.5. The van der Waals surface area contributed by atoms with Crippen LogP contribution in [0.25, 0.3) is 11.1 Å². The number of ether oxygens (including phenoxy) is 2. The summed E-state index contributed by atoms with van der Waals surface area (Å²) in [4.78, 5) is 36.2. The molecule has 10 heteroatoms. The highest BCUT2D eigenvalue weighted by Crippen LogP contribution is 2.41. The fraction of sp³-hybridized carbons (Fsp3) is 0.182. The molecule has 0 atom stereocenters. The molecule has 3 aromatic rings. The summed E-state index contributed by atoms with van der Waals surface area (Å²) >= 11 is 7.34. The lowest BCUT2D eigenvalue weighted by atomic mass is 10.0. The number of carbonyl (C=O) groups is 2. The molecule has 0 saturated carbocycles. The summed E-state index contributed by atoms with van der Waals surface area (Å²) in [5.74, 6) is -0.737. The van der Waals surface area contributed by atoms with Gasteiger partial charge in [-0.25, -0.2) is 4.79 Å². The lowest BCUT2D eigenvalue weighted by molar-refractivity contribution is -0.384. The Bertz CT molecular complexity index is 1210. The van der Waals surface area contributed by atoms with Crippen LogP contribution in [-0.4, -0.2) is 30.5 Å². The summed E-state index contributed by atoms with van der Waals surface area (Å²) in [6, 6.07) is 11.2. The first-order valence-corrected chi connectivity index (χ1v) is 10.6. The van der Waals surface area contributed by atoms with Crippen LogP contribution in [0.5, 0.6) is 5.75 Å². The van der Waals surface area contributed by atoms with E-state index < -0.39 is 16.8 Å². The number of hydrogen-bond acceptors (Lipinski definition) is 7. The van der Waals surface area contributed by atoms with E-state index in [4.69, 9.17) is 21.1 Å². The molecule has 166 valence electrons. The number of rotatable bonds is 7. The first kappa shape index (κ1) is 23.2. The van der Waals surface area contributed by atoms with Crippen molar-refractivity contribution in [3.05, 3.63) is 73.6 Å². The molecule has 1 heterocycles. The number of carbonyl (C=O) groups excluding carboxylic acids is 2. The molecular weight excluding hydrogens is 456 g/mol. The summed E-state index contributed by atoms with van der Waals surface area (Å²) < 4.78 is 10.4. The zero-order valence-electron chi connectivity index (χ0n) is 17.4. The van der Waals surface area contributed by atoms with Crippen LogP contribution in [0.1, 0.15) is 20.8 Å². The second-order valence-corrected chi connectivity index (χ2v) is 8.44. The molecule has 2 aromatic carbocycles. The third-order valence-electron chi connectivity index (χ3n) is 4.57. The molecule has 1 aromatic heterocycles. The van der Waals surface area contributed by atoms with E-state index in [1.54, 1.807) is 25.1 Å². The quantitative estimate of drug-likeness (QED) is 0.279. The molecule has 0 spiro atoms. The molecule has 1 N–H and O–H groups in total. The SMILES string of the molecule is COC(=O)c1c(NC(=O)COc2ccc([N+](=O)[O-])cc2C)sc(C)c1-c1cccc(Cl)c1. The molecule has 0 aliphatic rings. The van der Waals surface area contributed by atoms with Crippen LogP contribution in [0.15, 0.2) is 42.5 Å². The van der Waals surface area contributed by atoms with E-state index in [0.717, 1.165) is 10.4 Å². The first-order chi connectivity index (χ1) is 15.2. The number of nitro benzene ring substituents is 1. The number of nitro groups is 1. The molecule has 0 bridgehead atoms. The Morgan fingerprint density at radius 1 is 1.19 bits per heavy atom. The van der Waals surface area contributed by atoms with Gasteiger partial charge in [-0.3, -0.25) is 14.9 Å². The van der Waals surface area contributed by atoms with Crippen molar-refractivity contribution in [3.63, 3.8) is 0 Å². The monoisotopic (exact) mass is 474 g/mol. The Hall–Kier alpha value is -3.43. The topological polar surface area (TPSA) is 108 Å². The van der Waals surface area contributed by atoms with Crippen molar-refractivity contribution in [3.8, 4) is 16.9 Å². The molecule has 0 aliphatic heterocycles. The molecule has 0 fully saturated rings. The van der Waals surface area contributed by atoms with Gasteiger partial charge >= 0.3 is 5.97 Å². The summed E-state index contributed by atoms with van der Waals surface area (Å²) in [7, 11) is 1.27. The molecular formula is C22H19ClN2O6S. The minimum atomic E-state index is -0.591. The van der Waals surface area contributed by atoms with Gasteiger partial charge in [0, 0.05) is 27.6 Å². The molecule has 0 unspecified atom stereocenters. The number of halogens is 1. The van der Waals surface area contributed by atoms with Crippen LogP contribution in [0.4, 0.5) is 10.7 Å². The van der Waals surface area contributed by atoms with E-state index >= 15 is 0 Å². The van der Waals surface area contributed by atoms with Crippen molar-refractivity contribution < 1.29 is 24.0 Å². The van der Waals surface area contributed by atoms with Crippen molar-refractivity contribution in [1.29, 1.82) is 0 Å². The summed E-state index contributed by atoms with van der Waals surface area (Å²) in [5, 5.41) is 14.4. The summed E-state index contributed by atoms with van der Waals surface area (Å²) in [6.45, 7) is 3.14. The fourth-order valence-corrected chi connectivity index (χ4v) is 4.41. The fourth-order valence-electron chi connectivity index (χ4n) is 3.14. The Balaban J connectivity index is 1.82.